The molecule has 6 nitrogen and oxygen atoms in total. The highest BCUT2D eigenvalue weighted by molar-refractivity contribution is 7.18. The molecule has 5 rings (SSSR count). The molecule has 0 aliphatic rings. The molecular formula is C20H12N4O2S5. The van der Waals surface area contributed by atoms with Gasteiger partial charge in [-0.3, -0.25) is 20.2 Å². The van der Waals surface area contributed by atoms with E-state index in [1.807, 2.05) is 45.8 Å². The molecule has 0 saturated carbocycles. The van der Waals surface area contributed by atoms with Gasteiger partial charge in [-0.1, -0.05) is 12.1 Å². The molecular weight excluding hydrogens is 489 g/mol. The van der Waals surface area contributed by atoms with Gasteiger partial charge in [-0.05, 0) is 35.0 Å². The monoisotopic (exact) mass is 500 g/mol. The number of carbonyl (C=O) groups excluding carboxylic acids is 2. The molecule has 0 bridgehead atoms. The van der Waals surface area contributed by atoms with Gasteiger partial charge in [-0.15, -0.1) is 56.7 Å². The number of hydrogen-bond donors (Lipinski definition) is 2. The lowest BCUT2D eigenvalue weighted by Crippen LogP contribution is -2.11. The molecule has 5 aromatic rings. The molecule has 31 heavy (non-hydrogen) atoms. The topological polar surface area (TPSA) is 84.0 Å². The van der Waals surface area contributed by atoms with Gasteiger partial charge in [0.25, 0.3) is 11.8 Å². The first-order valence-electron chi connectivity index (χ1n) is 8.87. The normalized spacial score (nSPS) is 10.8. The molecule has 0 aliphatic carbocycles. The first-order valence-corrected chi connectivity index (χ1v) is 13.2. The molecule has 2 amide bonds. The third-order valence-electron chi connectivity index (χ3n) is 4.05. The number of hydrogen-bond acceptors (Lipinski definition) is 9. The fourth-order valence-electron chi connectivity index (χ4n) is 2.64. The SMILES string of the molecule is O=C(Nc1nc(-c2cccs2)cs1)c1ccc(C(=O)Nc2nc(-c3cccs3)cs2)s1. The summed E-state index contributed by atoms with van der Waals surface area (Å²) in [4.78, 5) is 37.0. The van der Waals surface area contributed by atoms with E-state index in [1.54, 1.807) is 34.8 Å². The number of thiazole rings is 2. The Kier molecular flexibility index (Phi) is 5.74. The molecule has 0 unspecified atom stereocenters. The van der Waals surface area contributed by atoms with Crippen LogP contribution in [0.4, 0.5) is 10.3 Å². The highest BCUT2D eigenvalue weighted by Crippen LogP contribution is 2.30. The molecule has 2 N–H and O–H groups in total. The Hall–Kier alpha value is -2.70. The largest absolute Gasteiger partial charge is 0.297 e. The number of aromatic nitrogens is 2. The van der Waals surface area contributed by atoms with Gasteiger partial charge < -0.3 is 0 Å². The lowest BCUT2D eigenvalue weighted by Gasteiger charge is -1.99. The quantitative estimate of drug-likeness (QED) is 0.274. The smallest absolute Gasteiger partial charge is 0.267 e. The second kappa shape index (κ2) is 8.81. The van der Waals surface area contributed by atoms with Gasteiger partial charge >= 0.3 is 0 Å². The van der Waals surface area contributed by atoms with Crippen LogP contribution in [0, 0.1) is 0 Å². The van der Waals surface area contributed by atoms with Crippen molar-refractivity contribution in [2.45, 2.75) is 0 Å². The van der Waals surface area contributed by atoms with Crippen LogP contribution in [0.5, 0.6) is 0 Å². The lowest BCUT2D eigenvalue weighted by molar-refractivity contribution is 0.102. The van der Waals surface area contributed by atoms with Crippen molar-refractivity contribution in [2.24, 2.45) is 0 Å². The Bertz CT molecular complexity index is 1230. The summed E-state index contributed by atoms with van der Waals surface area (Å²) in [5.41, 5.74) is 1.68. The summed E-state index contributed by atoms with van der Waals surface area (Å²) >= 11 is 7.07. The number of anilines is 2. The summed E-state index contributed by atoms with van der Waals surface area (Å²) in [6.07, 6.45) is 0. The molecule has 0 spiro atoms. The molecule has 0 aromatic carbocycles. The van der Waals surface area contributed by atoms with Crippen molar-refractivity contribution < 1.29 is 9.59 Å². The van der Waals surface area contributed by atoms with E-state index in [9.17, 15) is 9.59 Å². The fourth-order valence-corrected chi connectivity index (χ4v) is 6.37. The van der Waals surface area contributed by atoms with Crippen molar-refractivity contribution in [3.05, 3.63) is 67.7 Å². The highest BCUT2D eigenvalue weighted by atomic mass is 32.1. The van der Waals surface area contributed by atoms with Gasteiger partial charge in [0.2, 0.25) is 0 Å². The van der Waals surface area contributed by atoms with Crippen molar-refractivity contribution in [1.82, 2.24) is 9.97 Å². The van der Waals surface area contributed by atoms with Gasteiger partial charge in [0.05, 0.1) is 30.9 Å². The summed E-state index contributed by atoms with van der Waals surface area (Å²) < 4.78 is 0. The third kappa shape index (κ3) is 4.50. The number of amides is 2. The highest BCUT2D eigenvalue weighted by Gasteiger charge is 2.17. The molecule has 0 radical (unpaired) electrons. The van der Waals surface area contributed by atoms with Crippen molar-refractivity contribution in [1.29, 1.82) is 0 Å². The maximum atomic E-state index is 12.6. The van der Waals surface area contributed by atoms with Crippen LogP contribution in [0.15, 0.2) is 57.9 Å². The van der Waals surface area contributed by atoms with Gasteiger partial charge in [0.15, 0.2) is 10.3 Å². The molecule has 0 atom stereocenters. The maximum absolute atomic E-state index is 12.6. The Morgan fingerprint density at radius 3 is 1.58 bits per heavy atom. The van der Waals surface area contributed by atoms with Crippen LogP contribution in [0.3, 0.4) is 0 Å². The van der Waals surface area contributed by atoms with E-state index >= 15 is 0 Å². The number of nitrogens with zero attached hydrogens (tertiary/aromatic N) is 2. The van der Waals surface area contributed by atoms with Gasteiger partial charge in [-0.25, -0.2) is 9.97 Å². The zero-order valence-electron chi connectivity index (χ0n) is 15.5. The molecule has 5 heterocycles. The number of nitrogens with one attached hydrogen (secondary N) is 2. The van der Waals surface area contributed by atoms with Crippen molar-refractivity contribution in [3.63, 3.8) is 0 Å². The Balaban J connectivity index is 1.23. The second-order valence-corrected chi connectivity index (χ2v) is 10.8. The number of rotatable bonds is 6. The number of thiophene rings is 3. The van der Waals surface area contributed by atoms with Crippen LogP contribution < -0.4 is 10.6 Å². The van der Waals surface area contributed by atoms with E-state index in [2.05, 4.69) is 20.6 Å². The van der Waals surface area contributed by atoms with E-state index in [4.69, 9.17) is 0 Å². The summed E-state index contributed by atoms with van der Waals surface area (Å²) in [5, 5.41) is 14.4. The van der Waals surface area contributed by atoms with Crippen molar-refractivity contribution in [3.8, 4) is 21.1 Å². The van der Waals surface area contributed by atoms with Crippen LogP contribution in [-0.2, 0) is 0 Å². The second-order valence-electron chi connectivity index (χ2n) is 6.10. The fraction of sp³-hybridized carbons (Fsp3) is 0. The molecule has 0 aliphatic heterocycles. The van der Waals surface area contributed by atoms with Crippen LogP contribution in [0.25, 0.3) is 21.1 Å². The predicted octanol–water partition coefficient (Wildman–Crippen LogP) is 6.62. The van der Waals surface area contributed by atoms with Gasteiger partial charge in [-0.2, -0.15) is 0 Å². The number of carbonyl (C=O) groups is 2. The Labute approximate surface area is 196 Å². The molecule has 5 aromatic heterocycles. The first kappa shape index (κ1) is 20.2. The summed E-state index contributed by atoms with van der Waals surface area (Å²) in [5.74, 6) is -0.573. The molecule has 0 saturated heterocycles. The standard InChI is InChI=1S/C20H12N4O2S5/c25-17(23-19-21-11(9-29-19)13-3-1-7-27-13)15-5-6-16(31-15)18(26)24-20-22-12(10-30-20)14-4-2-8-28-14/h1-10H,(H,21,23,25)(H,22,24,26). The average molecular weight is 501 g/mol. The molecule has 11 heteroatoms. The van der Waals surface area contributed by atoms with Crippen LogP contribution >= 0.6 is 56.7 Å². The van der Waals surface area contributed by atoms with Crippen LogP contribution in [0.1, 0.15) is 19.3 Å². The van der Waals surface area contributed by atoms with Crippen molar-refractivity contribution >= 4 is 78.8 Å². The zero-order chi connectivity index (χ0) is 21.2. The minimum Gasteiger partial charge on any atom is -0.297 e. The average Bonchev–Trinajstić information content (AvgIpc) is 3.59. The van der Waals surface area contributed by atoms with E-state index in [0.29, 0.717) is 20.0 Å². The van der Waals surface area contributed by atoms with Crippen molar-refractivity contribution in [2.75, 3.05) is 10.6 Å². The predicted molar refractivity (Wildman–Crippen MR) is 131 cm³/mol. The summed E-state index contributed by atoms with van der Waals surface area (Å²) in [7, 11) is 0. The maximum Gasteiger partial charge on any atom is 0.267 e. The zero-order valence-corrected chi connectivity index (χ0v) is 19.6. The van der Waals surface area contributed by atoms with E-state index in [1.165, 1.54) is 22.7 Å². The van der Waals surface area contributed by atoms with E-state index in [0.717, 1.165) is 32.5 Å². The Morgan fingerprint density at radius 2 is 1.16 bits per heavy atom. The van der Waals surface area contributed by atoms with Crippen LogP contribution in [0.2, 0.25) is 0 Å². The first-order chi connectivity index (χ1) is 15.2. The van der Waals surface area contributed by atoms with Crippen LogP contribution in [-0.4, -0.2) is 21.8 Å². The Morgan fingerprint density at radius 1 is 0.677 bits per heavy atom. The van der Waals surface area contributed by atoms with E-state index in [-0.39, 0.29) is 11.8 Å². The molecule has 0 fully saturated rings. The molecule has 154 valence electrons. The lowest BCUT2D eigenvalue weighted by atomic mass is 10.4. The van der Waals surface area contributed by atoms with Gasteiger partial charge in [0.1, 0.15) is 0 Å². The van der Waals surface area contributed by atoms with E-state index < -0.39 is 0 Å². The summed E-state index contributed by atoms with van der Waals surface area (Å²) in [6.45, 7) is 0. The van der Waals surface area contributed by atoms with Gasteiger partial charge in [0, 0.05) is 10.8 Å². The minimum absolute atomic E-state index is 0.287. The summed E-state index contributed by atoms with van der Waals surface area (Å²) in [6, 6.07) is 11.2. The minimum atomic E-state index is -0.287. The third-order valence-corrected chi connectivity index (χ3v) is 8.43.